The summed E-state index contributed by atoms with van der Waals surface area (Å²) in [5.74, 6) is -0.711. The molecular weight excluding hydrogens is 249 g/mol. The third-order valence-electron chi connectivity index (χ3n) is 3.53. The Hall–Kier alpha value is -1.62. The molecule has 1 aliphatic rings. The third-order valence-corrected chi connectivity index (χ3v) is 3.53. The van der Waals surface area contributed by atoms with Gasteiger partial charge < -0.3 is 9.84 Å². The summed E-state index contributed by atoms with van der Waals surface area (Å²) < 4.78 is 18.8. The standard InChI is InChI=1S/C14H18FNO3/c1-19-11-6-5-10(12(15)8-11)9-16-7-3-2-4-13(16)14(17)18/h5-6,8,13H,2-4,7,9H2,1H3,(H,17,18). The van der Waals surface area contributed by atoms with Crippen LogP contribution >= 0.6 is 0 Å². The Morgan fingerprint density at radius 2 is 2.32 bits per heavy atom. The van der Waals surface area contributed by atoms with Crippen molar-refractivity contribution >= 4 is 5.97 Å². The number of ether oxygens (including phenoxy) is 1. The van der Waals surface area contributed by atoms with Crippen molar-refractivity contribution in [3.8, 4) is 5.75 Å². The van der Waals surface area contributed by atoms with Crippen molar-refractivity contribution in [3.63, 3.8) is 0 Å². The van der Waals surface area contributed by atoms with Crippen molar-refractivity contribution in [2.24, 2.45) is 0 Å². The van der Waals surface area contributed by atoms with E-state index in [1.54, 1.807) is 12.1 Å². The summed E-state index contributed by atoms with van der Waals surface area (Å²) in [6.45, 7) is 1.02. The van der Waals surface area contributed by atoms with Crippen molar-refractivity contribution in [1.82, 2.24) is 4.90 Å². The molecule has 1 heterocycles. The van der Waals surface area contributed by atoms with E-state index in [0.717, 1.165) is 12.8 Å². The molecule has 1 aliphatic heterocycles. The molecule has 104 valence electrons. The van der Waals surface area contributed by atoms with Gasteiger partial charge in [-0.3, -0.25) is 9.69 Å². The summed E-state index contributed by atoms with van der Waals surface area (Å²) in [6, 6.07) is 4.17. The molecule has 0 aliphatic carbocycles. The first-order valence-corrected chi connectivity index (χ1v) is 6.41. The molecule has 0 bridgehead atoms. The zero-order valence-corrected chi connectivity index (χ0v) is 10.9. The largest absolute Gasteiger partial charge is 0.497 e. The SMILES string of the molecule is COc1ccc(CN2CCCCC2C(=O)O)c(F)c1. The summed E-state index contributed by atoms with van der Waals surface area (Å²) in [5, 5.41) is 9.18. The Kier molecular flexibility index (Phi) is 4.37. The van der Waals surface area contributed by atoms with Gasteiger partial charge in [0.1, 0.15) is 17.6 Å². The molecule has 0 saturated carbocycles. The molecule has 0 amide bonds. The molecule has 0 radical (unpaired) electrons. The van der Waals surface area contributed by atoms with Gasteiger partial charge in [0.05, 0.1) is 7.11 Å². The quantitative estimate of drug-likeness (QED) is 0.909. The highest BCUT2D eigenvalue weighted by atomic mass is 19.1. The monoisotopic (exact) mass is 267 g/mol. The summed E-state index contributed by atoms with van der Waals surface area (Å²) >= 11 is 0. The fraction of sp³-hybridized carbons (Fsp3) is 0.500. The molecule has 2 rings (SSSR count). The van der Waals surface area contributed by atoms with Crippen molar-refractivity contribution in [2.45, 2.75) is 31.8 Å². The maximum Gasteiger partial charge on any atom is 0.320 e. The molecule has 4 nitrogen and oxygen atoms in total. The molecule has 1 unspecified atom stereocenters. The van der Waals surface area contributed by atoms with Gasteiger partial charge in [-0.15, -0.1) is 0 Å². The first-order valence-electron chi connectivity index (χ1n) is 6.41. The number of halogens is 1. The number of carboxylic acid groups (broad SMARTS) is 1. The average Bonchev–Trinajstić information content (AvgIpc) is 2.41. The molecular formula is C14H18FNO3. The molecule has 1 atom stereocenters. The minimum absolute atomic E-state index is 0.326. The van der Waals surface area contributed by atoms with Gasteiger partial charge in [0, 0.05) is 18.2 Å². The smallest absolute Gasteiger partial charge is 0.320 e. The lowest BCUT2D eigenvalue weighted by Crippen LogP contribution is -2.44. The van der Waals surface area contributed by atoms with Crippen LogP contribution in [0.4, 0.5) is 4.39 Å². The maximum absolute atomic E-state index is 13.9. The van der Waals surface area contributed by atoms with E-state index in [1.165, 1.54) is 13.2 Å². The van der Waals surface area contributed by atoms with Crippen LogP contribution in [0.3, 0.4) is 0 Å². The number of hydrogen-bond donors (Lipinski definition) is 1. The van der Waals surface area contributed by atoms with Gasteiger partial charge >= 0.3 is 5.97 Å². The highest BCUT2D eigenvalue weighted by molar-refractivity contribution is 5.73. The van der Waals surface area contributed by atoms with Gasteiger partial charge in [-0.05, 0) is 25.5 Å². The first kappa shape index (κ1) is 13.8. The van der Waals surface area contributed by atoms with Crippen molar-refractivity contribution in [2.75, 3.05) is 13.7 Å². The van der Waals surface area contributed by atoms with Crippen LogP contribution in [0.15, 0.2) is 18.2 Å². The maximum atomic E-state index is 13.9. The van der Waals surface area contributed by atoms with Crippen LogP contribution < -0.4 is 4.74 Å². The van der Waals surface area contributed by atoms with Crippen LogP contribution in [0.1, 0.15) is 24.8 Å². The van der Waals surface area contributed by atoms with E-state index < -0.39 is 12.0 Å². The Labute approximate surface area is 111 Å². The molecule has 19 heavy (non-hydrogen) atoms. The lowest BCUT2D eigenvalue weighted by Gasteiger charge is -2.32. The number of hydrogen-bond acceptors (Lipinski definition) is 3. The van der Waals surface area contributed by atoms with Crippen LogP contribution in [-0.2, 0) is 11.3 Å². The van der Waals surface area contributed by atoms with E-state index in [-0.39, 0.29) is 5.82 Å². The fourth-order valence-electron chi connectivity index (χ4n) is 2.46. The number of carbonyl (C=O) groups is 1. The van der Waals surface area contributed by atoms with Crippen LogP contribution in [-0.4, -0.2) is 35.7 Å². The van der Waals surface area contributed by atoms with Gasteiger partial charge in [0.25, 0.3) is 0 Å². The fourth-order valence-corrected chi connectivity index (χ4v) is 2.46. The van der Waals surface area contributed by atoms with E-state index in [0.29, 0.717) is 30.8 Å². The third kappa shape index (κ3) is 3.23. The summed E-state index contributed by atoms with van der Waals surface area (Å²) in [6.07, 6.45) is 2.51. The molecule has 0 aromatic heterocycles. The summed E-state index contributed by atoms with van der Waals surface area (Å²) in [7, 11) is 1.49. The van der Waals surface area contributed by atoms with Crippen LogP contribution in [0.25, 0.3) is 0 Å². The van der Waals surface area contributed by atoms with Gasteiger partial charge in [0.15, 0.2) is 0 Å². The summed E-state index contributed by atoms with van der Waals surface area (Å²) in [4.78, 5) is 13.0. The molecule has 1 aromatic rings. The van der Waals surface area contributed by atoms with E-state index >= 15 is 0 Å². The molecule has 1 aromatic carbocycles. The average molecular weight is 267 g/mol. The number of benzene rings is 1. The first-order chi connectivity index (χ1) is 9.11. The lowest BCUT2D eigenvalue weighted by atomic mass is 10.0. The molecule has 1 saturated heterocycles. The molecule has 1 fully saturated rings. The number of rotatable bonds is 4. The van der Waals surface area contributed by atoms with E-state index in [4.69, 9.17) is 4.74 Å². The van der Waals surface area contributed by atoms with Gasteiger partial charge in [-0.1, -0.05) is 12.5 Å². The second-order valence-electron chi connectivity index (χ2n) is 4.78. The number of carboxylic acids is 1. The minimum atomic E-state index is -0.825. The molecule has 0 spiro atoms. The predicted molar refractivity (Wildman–Crippen MR) is 68.6 cm³/mol. The molecule has 5 heteroatoms. The van der Waals surface area contributed by atoms with Crippen LogP contribution in [0.2, 0.25) is 0 Å². The second kappa shape index (κ2) is 6.02. The Morgan fingerprint density at radius 1 is 1.53 bits per heavy atom. The number of aliphatic carboxylic acids is 1. The zero-order valence-electron chi connectivity index (χ0n) is 10.9. The predicted octanol–water partition coefficient (Wildman–Crippen LogP) is 2.27. The van der Waals surface area contributed by atoms with Crippen molar-refractivity contribution < 1.29 is 19.0 Å². The van der Waals surface area contributed by atoms with E-state index in [1.807, 2.05) is 4.90 Å². The Morgan fingerprint density at radius 3 is 2.95 bits per heavy atom. The normalized spacial score (nSPS) is 20.2. The van der Waals surface area contributed by atoms with Gasteiger partial charge in [-0.25, -0.2) is 4.39 Å². The Bertz CT molecular complexity index is 464. The minimum Gasteiger partial charge on any atom is -0.497 e. The number of likely N-dealkylation sites (tertiary alicyclic amines) is 1. The highest BCUT2D eigenvalue weighted by Crippen LogP contribution is 2.23. The number of nitrogens with zero attached hydrogens (tertiary/aromatic N) is 1. The lowest BCUT2D eigenvalue weighted by molar-refractivity contribution is -0.144. The van der Waals surface area contributed by atoms with Crippen molar-refractivity contribution in [1.29, 1.82) is 0 Å². The van der Waals surface area contributed by atoms with Crippen LogP contribution in [0, 0.1) is 5.82 Å². The van der Waals surface area contributed by atoms with Gasteiger partial charge in [0.2, 0.25) is 0 Å². The summed E-state index contributed by atoms with van der Waals surface area (Å²) in [5.41, 5.74) is 0.508. The van der Waals surface area contributed by atoms with E-state index in [9.17, 15) is 14.3 Å². The molecule has 1 N–H and O–H groups in total. The zero-order chi connectivity index (χ0) is 13.8. The Balaban J connectivity index is 2.12. The van der Waals surface area contributed by atoms with Crippen molar-refractivity contribution in [3.05, 3.63) is 29.6 Å². The highest BCUT2D eigenvalue weighted by Gasteiger charge is 2.28. The number of piperidine rings is 1. The van der Waals surface area contributed by atoms with Gasteiger partial charge in [-0.2, -0.15) is 0 Å². The topological polar surface area (TPSA) is 49.8 Å². The van der Waals surface area contributed by atoms with Crippen LogP contribution in [0.5, 0.6) is 5.75 Å². The van der Waals surface area contributed by atoms with E-state index in [2.05, 4.69) is 0 Å². The number of methoxy groups -OCH3 is 1. The second-order valence-corrected chi connectivity index (χ2v) is 4.78.